The van der Waals surface area contributed by atoms with Crippen LogP contribution in [0.2, 0.25) is 0 Å². The number of carbonyl (C=O) groups excluding carboxylic acids is 6. The van der Waals surface area contributed by atoms with Gasteiger partial charge in [-0.3, -0.25) is 19.2 Å². The zero-order chi connectivity index (χ0) is 101. The van der Waals surface area contributed by atoms with Crippen LogP contribution < -0.4 is 0 Å². The molecule has 15 rings (SSSR count). The average Bonchev–Trinajstić information content (AvgIpc) is 1.39. The Morgan fingerprint density at radius 3 is 0.831 bits per heavy atom. The summed E-state index contributed by atoms with van der Waals surface area (Å²) in [5.74, 6) is -1.46. The van der Waals surface area contributed by atoms with Crippen LogP contribution in [0.5, 0.6) is 0 Å². The van der Waals surface area contributed by atoms with E-state index in [1.54, 1.807) is 58.0 Å². The number of aliphatic carboxylic acids is 1. The van der Waals surface area contributed by atoms with Crippen LogP contribution in [0.15, 0.2) is 267 Å². The van der Waals surface area contributed by atoms with Gasteiger partial charge in [-0.2, -0.15) is 20.9 Å². The number of ether oxygens (including phenoxy) is 2. The van der Waals surface area contributed by atoms with E-state index in [0.717, 1.165) is 139 Å². The Kier molecular flexibility index (Phi) is 39.5. The molecule has 6 N–H and O–H groups in total. The zero-order valence-electron chi connectivity index (χ0n) is 80.2. The van der Waals surface area contributed by atoms with Crippen molar-refractivity contribution in [2.75, 3.05) is 20.8 Å². The molecule has 0 radical (unpaired) electrons. The Bertz CT molecular complexity index is 6480. The second-order valence-electron chi connectivity index (χ2n) is 33.8. The summed E-state index contributed by atoms with van der Waals surface area (Å²) in [6.07, 6.45) is 8.65. The molecule has 0 spiro atoms. The van der Waals surface area contributed by atoms with Crippen LogP contribution in [0.25, 0.3) is 90.1 Å². The number of hydrogen-bond donors (Lipinski definition) is 6. The number of esters is 2. The Morgan fingerprint density at radius 1 is 0.317 bits per heavy atom. The summed E-state index contributed by atoms with van der Waals surface area (Å²) in [6.45, 7) is 10.7. The molecule has 0 saturated heterocycles. The smallest absolute Gasteiger partial charge is 0.328 e. The molecule has 4 aromatic heterocycles. The lowest BCUT2D eigenvalue weighted by molar-refractivity contribution is -0.153. The Balaban J connectivity index is 0.000000170. The largest absolute Gasteiger partial charge is 0.480 e. The van der Waals surface area contributed by atoms with Gasteiger partial charge in [0, 0.05) is 87.0 Å². The fraction of sp³-hybridized carbons (Fsp3) is 0.287. The van der Waals surface area contributed by atoms with E-state index in [1.807, 2.05) is 222 Å². The molecule has 31 nitrogen and oxygen atoms in total. The molecule has 0 bridgehead atoms. The van der Waals surface area contributed by atoms with Crippen molar-refractivity contribution in [3.63, 3.8) is 0 Å². The number of H-pyrrole nitrogens is 4. The number of unbranched alkanes of at least 4 members (excludes halogenated alkanes) is 4. The lowest BCUT2D eigenvalue weighted by atomic mass is 9.97. The fourth-order valence-electron chi connectivity index (χ4n) is 16.2. The quantitative estimate of drug-likeness (QED) is 0.0194. The number of halogens is 3. The van der Waals surface area contributed by atoms with Gasteiger partial charge in [-0.05, 0) is 180 Å². The summed E-state index contributed by atoms with van der Waals surface area (Å²) in [4.78, 5) is 95.9. The summed E-state index contributed by atoms with van der Waals surface area (Å²) >= 11 is 0. The summed E-state index contributed by atoms with van der Waals surface area (Å²) in [5.41, 5.74) is 16.9. The summed E-state index contributed by atoms with van der Waals surface area (Å²) in [5, 5.41) is 77.5. The molecule has 11 aromatic carbocycles. The number of aliphatic hydroxyl groups excluding tert-OH is 1. The van der Waals surface area contributed by atoms with Crippen molar-refractivity contribution < 1.29 is 66.4 Å². The molecule has 15 aromatic rings. The number of benzene rings is 11. The van der Waals surface area contributed by atoms with Gasteiger partial charge >= 0.3 is 17.9 Å². The molecular weight excluding hydrogens is 1810 g/mol. The minimum absolute atomic E-state index is 0.00420. The fourth-order valence-corrected chi connectivity index (χ4v) is 16.2. The average molecular weight is 1930 g/mol. The van der Waals surface area contributed by atoms with Crippen LogP contribution in [0.1, 0.15) is 151 Å². The van der Waals surface area contributed by atoms with E-state index in [-0.39, 0.29) is 74.2 Å². The van der Waals surface area contributed by atoms with Crippen LogP contribution in [-0.4, -0.2) is 199 Å². The molecular formula is C108H115F3N20O11. The molecule has 0 aliphatic heterocycles. The second-order valence-corrected chi connectivity index (χ2v) is 33.8. The third kappa shape index (κ3) is 29.4. The van der Waals surface area contributed by atoms with Crippen molar-refractivity contribution in [2.24, 2.45) is 0 Å². The van der Waals surface area contributed by atoms with Crippen molar-refractivity contribution in [3.8, 4) is 90.1 Å². The SMILES string of the molecule is CCCCC(=O)N(Cc1ccc(-c2ccccc2-c2nn[nH]n2)cc1)C(CO)Cc1ccc(F)cc1.CCCCC(=O)N(Cc1ccc(-c2ccccc2-c2nn[nH]n2)cc1)C(Cc1ccc(F)cc1)C(=O)O.CCCCC(=O)N(Cc1ccc(-c2ccccc2-c2nn[nH]n2)cc1)C(Cc1ccc(F)cc1)C(=O)OC.CCCCC(=O)N(Cc1ccc(-c2ccccc2-c2nn[nH]n2)cc1)[C@@H](C)C(=O)OC. The number of nitrogens with zero attached hydrogens (tertiary/aromatic N) is 16. The topological polar surface area (TPSA) is 409 Å². The molecule has 0 aliphatic carbocycles. The maximum absolute atomic E-state index is 13.5. The normalized spacial score (nSPS) is 11.7. The van der Waals surface area contributed by atoms with Crippen molar-refractivity contribution in [1.82, 2.24) is 102 Å². The standard InChI is InChI=1S/C29H30FN5O3.C28H28FN5O3.C28H30FN5O2.C23H27N5O3/c1-3-4-9-27(36)35(26(29(37)38-2)18-20-12-16-23(30)17-13-20)19-21-10-14-22(15-11-21)24-7-5-6-8-25(24)28-31-33-34-32-28;1-2-3-8-26(35)34(25(28(36)37)17-19-11-15-22(29)16-12-19)18-20-9-13-21(14-10-20)23-6-4-5-7-24(23)27-30-32-33-31-27;1-2-3-8-27(36)34(24(19-35)17-20-11-15-23(29)16-12-20)18-21-9-13-22(14-10-21)25-6-4-5-7-26(25)28-30-32-33-31-28;1-4-5-10-21(29)28(16(2)23(30)31-3)15-17-11-13-18(14-12-17)19-8-6-7-9-20(19)22-24-26-27-25-22/h5-8,10-17,26H,3-4,9,18-19H2,1-2H3,(H,31,32,33,34);4-7,9-16,25H,2-3,8,17-18H2,1H3,(H,36,37)(H,30,31,32,33);4-7,9-16,24,35H,2-3,8,17-19H2,1H3,(H,30,31,32,33);6-9,11-14,16H,4-5,10,15H2,1-3H3,(H,24,25,26,27)/t;;;16-/m...0/s1. The van der Waals surface area contributed by atoms with Crippen molar-refractivity contribution >= 4 is 41.5 Å². The van der Waals surface area contributed by atoms with Crippen LogP contribution >= 0.6 is 0 Å². The molecule has 4 amide bonds. The molecule has 4 atom stereocenters. The van der Waals surface area contributed by atoms with E-state index >= 15 is 0 Å². The minimum Gasteiger partial charge on any atom is -0.480 e. The molecule has 0 aliphatic rings. The van der Waals surface area contributed by atoms with Gasteiger partial charge in [-0.25, -0.2) is 27.6 Å². The van der Waals surface area contributed by atoms with E-state index in [1.165, 1.54) is 55.5 Å². The highest BCUT2D eigenvalue weighted by Gasteiger charge is 2.34. The predicted octanol–water partition coefficient (Wildman–Crippen LogP) is 18.3. The van der Waals surface area contributed by atoms with E-state index < -0.39 is 47.9 Å². The van der Waals surface area contributed by atoms with E-state index in [2.05, 4.69) is 82.5 Å². The van der Waals surface area contributed by atoms with Crippen molar-refractivity contribution in [2.45, 2.75) is 181 Å². The Hall–Kier alpha value is -16.3. The molecule has 734 valence electrons. The van der Waals surface area contributed by atoms with Crippen LogP contribution in [0, 0.1) is 17.5 Å². The third-order valence-electron chi connectivity index (χ3n) is 24.0. The van der Waals surface area contributed by atoms with Crippen molar-refractivity contribution in [3.05, 3.63) is 323 Å². The number of aliphatic hydroxyl groups is 1. The van der Waals surface area contributed by atoms with Gasteiger partial charge in [-0.15, -0.1) is 40.8 Å². The molecule has 4 heterocycles. The van der Waals surface area contributed by atoms with Gasteiger partial charge < -0.3 is 39.3 Å². The van der Waals surface area contributed by atoms with E-state index in [4.69, 9.17) is 9.47 Å². The van der Waals surface area contributed by atoms with Crippen LogP contribution in [0.3, 0.4) is 0 Å². The predicted molar refractivity (Wildman–Crippen MR) is 530 cm³/mol. The van der Waals surface area contributed by atoms with Gasteiger partial charge in [0.25, 0.3) is 0 Å². The summed E-state index contributed by atoms with van der Waals surface area (Å²) in [6, 6.07) is 77.4. The number of carboxylic acid groups (broad SMARTS) is 1. The number of methoxy groups -OCH3 is 2. The monoisotopic (exact) mass is 1920 g/mol. The molecule has 0 saturated carbocycles. The maximum Gasteiger partial charge on any atom is 0.328 e. The number of carboxylic acids is 1. The number of rotatable bonds is 42. The molecule has 0 fully saturated rings. The number of tetrazole rings is 4. The maximum atomic E-state index is 13.5. The second kappa shape index (κ2) is 53.6. The highest BCUT2D eigenvalue weighted by molar-refractivity contribution is 5.88. The number of aromatic amines is 4. The van der Waals surface area contributed by atoms with Gasteiger partial charge in [-0.1, -0.05) is 284 Å². The third-order valence-corrected chi connectivity index (χ3v) is 24.0. The summed E-state index contributed by atoms with van der Waals surface area (Å²) in [7, 11) is 2.65. The first kappa shape index (κ1) is 105. The van der Waals surface area contributed by atoms with Gasteiger partial charge in [0.1, 0.15) is 35.6 Å². The number of carbonyl (C=O) groups is 7. The lowest BCUT2D eigenvalue weighted by Crippen LogP contribution is -2.46. The zero-order valence-corrected chi connectivity index (χ0v) is 80.2. The van der Waals surface area contributed by atoms with E-state index in [0.29, 0.717) is 80.5 Å². The van der Waals surface area contributed by atoms with Gasteiger partial charge in [0.15, 0.2) is 0 Å². The van der Waals surface area contributed by atoms with Crippen molar-refractivity contribution in [1.29, 1.82) is 0 Å². The van der Waals surface area contributed by atoms with Crippen LogP contribution in [0.4, 0.5) is 13.2 Å². The first-order valence-electron chi connectivity index (χ1n) is 47.2. The highest BCUT2D eigenvalue weighted by Crippen LogP contribution is 2.36. The van der Waals surface area contributed by atoms with Gasteiger partial charge in [0.05, 0.1) is 26.9 Å². The van der Waals surface area contributed by atoms with Crippen LogP contribution in [-0.2, 0) is 88.5 Å². The Morgan fingerprint density at radius 2 is 0.563 bits per heavy atom. The molecule has 142 heavy (non-hydrogen) atoms. The summed E-state index contributed by atoms with van der Waals surface area (Å²) < 4.78 is 50.1. The lowest BCUT2D eigenvalue weighted by Gasteiger charge is -2.31. The number of hydrogen-bond acceptors (Lipinski definition) is 22. The first-order valence-corrected chi connectivity index (χ1v) is 47.2. The number of aromatic nitrogens is 16. The first-order chi connectivity index (χ1) is 69.1. The minimum atomic E-state index is -1.10. The highest BCUT2D eigenvalue weighted by atomic mass is 19.1. The van der Waals surface area contributed by atoms with Gasteiger partial charge in [0.2, 0.25) is 46.9 Å². The number of nitrogens with one attached hydrogen (secondary N) is 4. The Labute approximate surface area is 821 Å². The number of amides is 4. The molecule has 3 unspecified atom stereocenters. The van der Waals surface area contributed by atoms with E-state index in [9.17, 15) is 56.9 Å². The molecule has 34 heteroatoms.